The van der Waals surface area contributed by atoms with Crippen LogP contribution in [0, 0.1) is 5.92 Å². The molecule has 2 aliphatic carbocycles. The topological polar surface area (TPSA) is 94.5 Å². The fourth-order valence-corrected chi connectivity index (χ4v) is 4.92. The van der Waals surface area contributed by atoms with E-state index in [4.69, 9.17) is 10.7 Å². The Morgan fingerprint density at radius 2 is 2.00 bits per heavy atom. The number of benzene rings is 1. The SMILES string of the molecule is Nc1ncnc2c1ccn2C1CCC(CCc2ccc3cnc(NC4CC4)nc3c2)C1. The molecule has 6 rings (SSSR count). The second-order valence-electron chi connectivity index (χ2n) is 9.10. The van der Waals surface area contributed by atoms with Gasteiger partial charge in [-0.3, -0.25) is 0 Å². The average molecular weight is 414 g/mol. The number of aryl methyl sites for hydroxylation is 1. The first-order valence-corrected chi connectivity index (χ1v) is 11.3. The molecule has 31 heavy (non-hydrogen) atoms. The lowest BCUT2D eigenvalue weighted by atomic mass is 9.97. The summed E-state index contributed by atoms with van der Waals surface area (Å²) in [5, 5.41) is 5.46. The minimum absolute atomic E-state index is 0.497. The van der Waals surface area contributed by atoms with Gasteiger partial charge in [0.2, 0.25) is 5.95 Å². The van der Waals surface area contributed by atoms with Gasteiger partial charge in [-0.2, -0.15) is 0 Å². The van der Waals surface area contributed by atoms with Crippen molar-refractivity contribution < 1.29 is 0 Å². The number of hydrogen-bond donors (Lipinski definition) is 2. The fraction of sp³-hybridized carbons (Fsp3) is 0.417. The van der Waals surface area contributed by atoms with Crippen molar-refractivity contribution in [3.05, 3.63) is 48.5 Å². The minimum atomic E-state index is 0.497. The number of rotatable bonds is 6. The number of anilines is 2. The van der Waals surface area contributed by atoms with Crippen LogP contribution in [0.2, 0.25) is 0 Å². The molecule has 3 aromatic heterocycles. The lowest BCUT2D eigenvalue weighted by Gasteiger charge is -2.14. The molecular formula is C24H27N7. The summed E-state index contributed by atoms with van der Waals surface area (Å²) in [6.07, 6.45) is 14.0. The van der Waals surface area contributed by atoms with E-state index in [-0.39, 0.29) is 0 Å². The molecule has 3 N–H and O–H groups in total. The maximum atomic E-state index is 6.01. The molecular weight excluding hydrogens is 386 g/mol. The fourth-order valence-electron chi connectivity index (χ4n) is 4.92. The van der Waals surface area contributed by atoms with Gasteiger partial charge >= 0.3 is 0 Å². The quantitative estimate of drug-likeness (QED) is 0.483. The van der Waals surface area contributed by atoms with Crippen LogP contribution in [0.15, 0.2) is 43.0 Å². The van der Waals surface area contributed by atoms with Crippen molar-refractivity contribution in [2.45, 2.75) is 57.0 Å². The number of aromatic nitrogens is 5. The molecule has 4 aromatic rings. The highest BCUT2D eigenvalue weighted by Crippen LogP contribution is 2.39. The Labute approximate surface area is 181 Å². The molecule has 0 spiro atoms. The van der Waals surface area contributed by atoms with Gasteiger partial charge in [0.05, 0.1) is 10.9 Å². The number of nitrogens with one attached hydrogen (secondary N) is 1. The molecule has 2 aliphatic rings. The third-order valence-electron chi connectivity index (χ3n) is 6.85. The van der Waals surface area contributed by atoms with Gasteiger partial charge in [0, 0.05) is 29.9 Å². The van der Waals surface area contributed by atoms with E-state index in [1.807, 2.05) is 12.3 Å². The van der Waals surface area contributed by atoms with Crippen LogP contribution in [0.1, 0.15) is 50.1 Å². The molecule has 0 radical (unpaired) electrons. The second kappa shape index (κ2) is 7.48. The largest absolute Gasteiger partial charge is 0.383 e. The zero-order chi connectivity index (χ0) is 20.8. The molecule has 1 aromatic carbocycles. The molecule has 2 fully saturated rings. The van der Waals surface area contributed by atoms with Gasteiger partial charge in [-0.25, -0.2) is 19.9 Å². The molecule has 0 aliphatic heterocycles. The maximum absolute atomic E-state index is 6.01. The highest BCUT2D eigenvalue weighted by atomic mass is 15.1. The van der Waals surface area contributed by atoms with Gasteiger partial charge in [-0.1, -0.05) is 12.1 Å². The molecule has 0 saturated heterocycles. The monoisotopic (exact) mass is 413 g/mol. The summed E-state index contributed by atoms with van der Waals surface area (Å²) in [6, 6.07) is 9.72. The smallest absolute Gasteiger partial charge is 0.223 e. The normalized spacial score (nSPS) is 21.2. The van der Waals surface area contributed by atoms with Crippen LogP contribution in [0.4, 0.5) is 11.8 Å². The molecule has 3 heterocycles. The zero-order valence-electron chi connectivity index (χ0n) is 17.5. The van der Waals surface area contributed by atoms with Crippen molar-refractivity contribution in [3.8, 4) is 0 Å². The molecule has 2 atom stereocenters. The van der Waals surface area contributed by atoms with Crippen molar-refractivity contribution in [1.29, 1.82) is 0 Å². The van der Waals surface area contributed by atoms with Gasteiger partial charge in [0.15, 0.2) is 0 Å². The first-order valence-electron chi connectivity index (χ1n) is 11.3. The summed E-state index contributed by atoms with van der Waals surface area (Å²) in [4.78, 5) is 17.8. The number of nitrogen functional groups attached to an aromatic ring is 1. The Balaban J connectivity index is 1.12. The van der Waals surface area contributed by atoms with Gasteiger partial charge in [0.1, 0.15) is 17.8 Å². The van der Waals surface area contributed by atoms with Crippen molar-refractivity contribution in [2.24, 2.45) is 5.92 Å². The van der Waals surface area contributed by atoms with Gasteiger partial charge in [-0.15, -0.1) is 0 Å². The van der Waals surface area contributed by atoms with Gasteiger partial charge in [-0.05, 0) is 68.6 Å². The van der Waals surface area contributed by atoms with Crippen LogP contribution >= 0.6 is 0 Å². The van der Waals surface area contributed by atoms with E-state index in [0.29, 0.717) is 17.9 Å². The van der Waals surface area contributed by atoms with E-state index in [0.717, 1.165) is 40.2 Å². The summed E-state index contributed by atoms with van der Waals surface area (Å²) in [5.74, 6) is 2.05. The summed E-state index contributed by atoms with van der Waals surface area (Å²) < 4.78 is 2.30. The van der Waals surface area contributed by atoms with Crippen LogP contribution in [-0.2, 0) is 6.42 Å². The molecule has 7 nitrogen and oxygen atoms in total. The number of nitrogens with two attached hydrogens (primary N) is 1. The van der Waals surface area contributed by atoms with Gasteiger partial charge < -0.3 is 15.6 Å². The zero-order valence-corrected chi connectivity index (χ0v) is 17.5. The lowest BCUT2D eigenvalue weighted by Crippen LogP contribution is -2.06. The third-order valence-corrected chi connectivity index (χ3v) is 6.85. The molecule has 2 unspecified atom stereocenters. The van der Waals surface area contributed by atoms with Crippen molar-refractivity contribution >= 4 is 33.7 Å². The third kappa shape index (κ3) is 3.69. The van der Waals surface area contributed by atoms with E-state index in [2.05, 4.69) is 49.2 Å². The van der Waals surface area contributed by atoms with E-state index >= 15 is 0 Å². The van der Waals surface area contributed by atoms with E-state index in [1.165, 1.54) is 44.1 Å². The molecule has 7 heteroatoms. The molecule has 158 valence electrons. The predicted molar refractivity (Wildman–Crippen MR) is 123 cm³/mol. The lowest BCUT2D eigenvalue weighted by molar-refractivity contribution is 0.461. The Kier molecular flexibility index (Phi) is 4.47. The Hall–Kier alpha value is -3.22. The number of nitrogens with zero attached hydrogens (tertiary/aromatic N) is 5. The summed E-state index contributed by atoms with van der Waals surface area (Å²) in [6.45, 7) is 0. The first kappa shape index (κ1) is 18.5. The van der Waals surface area contributed by atoms with Crippen LogP contribution in [0.3, 0.4) is 0 Å². The van der Waals surface area contributed by atoms with Crippen LogP contribution in [0.5, 0.6) is 0 Å². The number of fused-ring (bicyclic) bond motifs is 2. The molecule has 0 bridgehead atoms. The predicted octanol–water partition coefficient (Wildman–Crippen LogP) is 4.51. The van der Waals surface area contributed by atoms with E-state index in [1.54, 1.807) is 6.33 Å². The van der Waals surface area contributed by atoms with Crippen molar-refractivity contribution in [3.63, 3.8) is 0 Å². The summed E-state index contributed by atoms with van der Waals surface area (Å²) in [5.41, 5.74) is 9.36. The highest BCUT2D eigenvalue weighted by molar-refractivity contribution is 5.86. The Morgan fingerprint density at radius 3 is 2.90 bits per heavy atom. The van der Waals surface area contributed by atoms with Crippen molar-refractivity contribution in [2.75, 3.05) is 11.1 Å². The second-order valence-corrected chi connectivity index (χ2v) is 9.10. The van der Waals surface area contributed by atoms with Gasteiger partial charge in [0.25, 0.3) is 0 Å². The van der Waals surface area contributed by atoms with Crippen LogP contribution in [0.25, 0.3) is 21.9 Å². The van der Waals surface area contributed by atoms with Crippen molar-refractivity contribution in [1.82, 2.24) is 24.5 Å². The van der Waals surface area contributed by atoms with Crippen LogP contribution < -0.4 is 11.1 Å². The Bertz CT molecular complexity index is 1240. The van der Waals surface area contributed by atoms with Crippen LogP contribution in [-0.4, -0.2) is 30.5 Å². The first-order chi connectivity index (χ1) is 15.2. The molecule has 0 amide bonds. The maximum Gasteiger partial charge on any atom is 0.223 e. The molecule has 2 saturated carbocycles. The van der Waals surface area contributed by atoms with E-state index < -0.39 is 0 Å². The van der Waals surface area contributed by atoms with E-state index in [9.17, 15) is 0 Å². The summed E-state index contributed by atoms with van der Waals surface area (Å²) >= 11 is 0. The minimum Gasteiger partial charge on any atom is -0.383 e. The number of hydrogen-bond acceptors (Lipinski definition) is 6. The summed E-state index contributed by atoms with van der Waals surface area (Å²) in [7, 11) is 0. The highest BCUT2D eigenvalue weighted by Gasteiger charge is 2.27. The Morgan fingerprint density at radius 1 is 1.06 bits per heavy atom. The standard InChI is InChI=1S/C24H27N7/c25-22-20-9-10-31(23(20)28-14-27-22)19-8-4-15(11-19)1-2-16-3-5-17-13-26-24(29-18-6-7-18)30-21(17)12-16/h3,5,9-10,12-15,18-19H,1-2,4,6-8,11H2,(H2,25,27,28)(H,26,29,30). The average Bonchev–Trinajstić information content (AvgIpc) is 3.29.